The van der Waals surface area contributed by atoms with Crippen molar-refractivity contribution in [3.05, 3.63) is 41.0 Å². The molecule has 1 aliphatic carbocycles. The molecule has 0 aliphatic heterocycles. The second-order valence-electron chi connectivity index (χ2n) is 6.01. The van der Waals surface area contributed by atoms with Crippen molar-refractivity contribution in [1.82, 2.24) is 20.1 Å². The Labute approximate surface area is 145 Å². The number of carbonyl (C=O) groups is 1. The van der Waals surface area contributed by atoms with Crippen LogP contribution in [-0.2, 0) is 17.9 Å². The molecular formula is C17H21FN4OS. The second kappa shape index (κ2) is 7.34. The zero-order valence-electron chi connectivity index (χ0n) is 13.9. The number of nitrogens with one attached hydrogen (secondary N) is 1. The quantitative estimate of drug-likeness (QED) is 0.782. The van der Waals surface area contributed by atoms with Crippen molar-refractivity contribution < 1.29 is 9.18 Å². The molecule has 1 aliphatic rings. The molecule has 128 valence electrons. The molecule has 1 fully saturated rings. The number of aryl methyl sites for hydroxylation is 1. The zero-order valence-corrected chi connectivity index (χ0v) is 14.7. The summed E-state index contributed by atoms with van der Waals surface area (Å²) in [6.07, 6.45) is 2.35. The molecule has 1 saturated carbocycles. The van der Waals surface area contributed by atoms with E-state index in [1.165, 1.54) is 30.7 Å². The third kappa shape index (κ3) is 3.95. The average molecular weight is 348 g/mol. The van der Waals surface area contributed by atoms with Gasteiger partial charge in [0.25, 0.3) is 0 Å². The van der Waals surface area contributed by atoms with Gasteiger partial charge in [-0.15, -0.1) is 10.2 Å². The summed E-state index contributed by atoms with van der Waals surface area (Å²) in [4.78, 5) is 12.0. The maximum atomic E-state index is 13.5. The van der Waals surface area contributed by atoms with E-state index in [1.807, 2.05) is 6.07 Å². The number of hydrogen-bond donors (Lipinski definition) is 1. The Morgan fingerprint density at radius 2 is 2.21 bits per heavy atom. The Hall–Kier alpha value is -1.89. The van der Waals surface area contributed by atoms with Crippen LogP contribution < -0.4 is 5.32 Å². The minimum absolute atomic E-state index is 0.0976. The largest absolute Gasteiger partial charge is 0.351 e. The van der Waals surface area contributed by atoms with E-state index in [4.69, 9.17) is 0 Å². The van der Waals surface area contributed by atoms with Crippen LogP contribution in [0.5, 0.6) is 0 Å². The van der Waals surface area contributed by atoms with Crippen molar-refractivity contribution in [3.63, 3.8) is 0 Å². The maximum absolute atomic E-state index is 13.5. The Kier molecular flexibility index (Phi) is 5.18. The molecule has 0 spiro atoms. The number of rotatable bonds is 7. The standard InChI is InChI=1S/C17H21FN4OS/c1-3-22-16(13-6-7-13)20-21-17(22)24-10-15(23)19-9-12-5-4-11(2)14(18)8-12/h4-5,8,13H,3,6-7,9-10H2,1-2H3,(H,19,23). The summed E-state index contributed by atoms with van der Waals surface area (Å²) in [7, 11) is 0. The van der Waals surface area contributed by atoms with E-state index >= 15 is 0 Å². The first kappa shape index (κ1) is 17.0. The summed E-state index contributed by atoms with van der Waals surface area (Å²) < 4.78 is 15.6. The predicted molar refractivity (Wildman–Crippen MR) is 91.4 cm³/mol. The fraction of sp³-hybridized carbons (Fsp3) is 0.471. The van der Waals surface area contributed by atoms with E-state index in [9.17, 15) is 9.18 Å². The third-order valence-corrected chi connectivity index (χ3v) is 5.03. The van der Waals surface area contributed by atoms with E-state index < -0.39 is 0 Å². The number of halogens is 1. The molecule has 1 aromatic heterocycles. The van der Waals surface area contributed by atoms with Crippen molar-refractivity contribution in [1.29, 1.82) is 0 Å². The minimum atomic E-state index is -0.250. The number of benzene rings is 1. The van der Waals surface area contributed by atoms with Crippen molar-refractivity contribution in [2.75, 3.05) is 5.75 Å². The van der Waals surface area contributed by atoms with Gasteiger partial charge in [-0.3, -0.25) is 4.79 Å². The second-order valence-corrected chi connectivity index (χ2v) is 6.95. The number of amides is 1. The molecule has 1 heterocycles. The van der Waals surface area contributed by atoms with Crippen LogP contribution in [0.2, 0.25) is 0 Å². The van der Waals surface area contributed by atoms with Crippen LogP contribution in [0.3, 0.4) is 0 Å². The topological polar surface area (TPSA) is 59.8 Å². The maximum Gasteiger partial charge on any atom is 0.230 e. The first-order valence-electron chi connectivity index (χ1n) is 8.16. The molecule has 0 bridgehead atoms. The number of thioether (sulfide) groups is 1. The van der Waals surface area contributed by atoms with Crippen LogP contribution in [0, 0.1) is 12.7 Å². The Morgan fingerprint density at radius 3 is 2.88 bits per heavy atom. The molecular weight excluding hydrogens is 327 g/mol. The monoisotopic (exact) mass is 348 g/mol. The van der Waals surface area contributed by atoms with Crippen LogP contribution in [0.4, 0.5) is 4.39 Å². The van der Waals surface area contributed by atoms with Gasteiger partial charge in [0, 0.05) is 19.0 Å². The van der Waals surface area contributed by atoms with Gasteiger partial charge in [-0.2, -0.15) is 0 Å². The third-order valence-electron chi connectivity index (χ3n) is 4.06. The SMILES string of the molecule is CCn1c(SCC(=O)NCc2ccc(C)c(F)c2)nnc1C1CC1. The van der Waals surface area contributed by atoms with Gasteiger partial charge in [-0.1, -0.05) is 23.9 Å². The molecule has 0 atom stereocenters. The number of aromatic nitrogens is 3. The highest BCUT2D eigenvalue weighted by Gasteiger charge is 2.30. The molecule has 5 nitrogen and oxygen atoms in total. The molecule has 2 aromatic rings. The smallest absolute Gasteiger partial charge is 0.230 e. The van der Waals surface area contributed by atoms with Gasteiger partial charge in [-0.25, -0.2) is 4.39 Å². The fourth-order valence-corrected chi connectivity index (χ4v) is 3.31. The summed E-state index contributed by atoms with van der Waals surface area (Å²) in [5, 5.41) is 12.1. The highest BCUT2D eigenvalue weighted by atomic mass is 32.2. The lowest BCUT2D eigenvalue weighted by Gasteiger charge is -2.08. The van der Waals surface area contributed by atoms with Crippen molar-refractivity contribution in [3.8, 4) is 0 Å². The van der Waals surface area contributed by atoms with E-state index in [0.717, 1.165) is 23.1 Å². The average Bonchev–Trinajstić information content (AvgIpc) is 3.34. The first-order valence-corrected chi connectivity index (χ1v) is 9.14. The molecule has 7 heteroatoms. The lowest BCUT2D eigenvalue weighted by Crippen LogP contribution is -2.24. The van der Waals surface area contributed by atoms with Gasteiger partial charge < -0.3 is 9.88 Å². The van der Waals surface area contributed by atoms with E-state index in [2.05, 4.69) is 27.0 Å². The Balaban J connectivity index is 1.51. The van der Waals surface area contributed by atoms with Gasteiger partial charge in [0.05, 0.1) is 5.75 Å². The van der Waals surface area contributed by atoms with Gasteiger partial charge in [0.1, 0.15) is 11.6 Å². The molecule has 1 amide bonds. The fourth-order valence-electron chi connectivity index (χ4n) is 2.48. The molecule has 0 unspecified atom stereocenters. The van der Waals surface area contributed by atoms with E-state index in [-0.39, 0.29) is 17.5 Å². The molecule has 1 aromatic carbocycles. The van der Waals surface area contributed by atoms with Gasteiger partial charge in [0.2, 0.25) is 5.91 Å². The minimum Gasteiger partial charge on any atom is -0.351 e. The molecule has 24 heavy (non-hydrogen) atoms. The van der Waals surface area contributed by atoms with Gasteiger partial charge in [-0.05, 0) is 43.9 Å². The zero-order chi connectivity index (χ0) is 17.1. The van der Waals surface area contributed by atoms with Crippen LogP contribution in [0.1, 0.15) is 42.6 Å². The van der Waals surface area contributed by atoms with Crippen LogP contribution in [0.15, 0.2) is 23.4 Å². The van der Waals surface area contributed by atoms with Crippen LogP contribution in [0.25, 0.3) is 0 Å². The lowest BCUT2D eigenvalue weighted by molar-refractivity contribution is -0.118. The van der Waals surface area contributed by atoms with Crippen molar-refractivity contribution in [2.45, 2.75) is 50.9 Å². The summed E-state index contributed by atoms with van der Waals surface area (Å²) in [6.45, 7) is 4.91. The first-order chi connectivity index (χ1) is 11.6. The van der Waals surface area contributed by atoms with Gasteiger partial charge >= 0.3 is 0 Å². The number of carbonyl (C=O) groups excluding carboxylic acids is 1. The normalized spacial score (nSPS) is 14.0. The molecule has 0 saturated heterocycles. The van der Waals surface area contributed by atoms with Crippen LogP contribution >= 0.6 is 11.8 Å². The predicted octanol–water partition coefficient (Wildman–Crippen LogP) is 3.03. The van der Waals surface area contributed by atoms with Crippen molar-refractivity contribution in [2.24, 2.45) is 0 Å². The summed E-state index contributed by atoms with van der Waals surface area (Å²) in [5.74, 6) is 1.50. The Bertz CT molecular complexity index is 742. The van der Waals surface area contributed by atoms with E-state index in [0.29, 0.717) is 18.0 Å². The lowest BCUT2D eigenvalue weighted by atomic mass is 10.1. The summed E-state index contributed by atoms with van der Waals surface area (Å²) in [6, 6.07) is 4.99. The van der Waals surface area contributed by atoms with Gasteiger partial charge in [0.15, 0.2) is 5.16 Å². The van der Waals surface area contributed by atoms with E-state index in [1.54, 1.807) is 13.0 Å². The van der Waals surface area contributed by atoms with Crippen LogP contribution in [-0.4, -0.2) is 26.4 Å². The number of hydrogen-bond acceptors (Lipinski definition) is 4. The molecule has 0 radical (unpaired) electrons. The summed E-state index contributed by atoms with van der Waals surface area (Å²) >= 11 is 1.39. The number of nitrogens with zero attached hydrogens (tertiary/aromatic N) is 3. The summed E-state index contributed by atoms with van der Waals surface area (Å²) in [5.41, 5.74) is 1.36. The molecule has 1 N–H and O–H groups in total. The highest BCUT2D eigenvalue weighted by molar-refractivity contribution is 7.99. The highest BCUT2D eigenvalue weighted by Crippen LogP contribution is 2.39. The van der Waals surface area contributed by atoms with Crippen molar-refractivity contribution >= 4 is 17.7 Å². The Morgan fingerprint density at radius 1 is 1.42 bits per heavy atom. The molecule has 3 rings (SSSR count).